The largest absolute Gasteiger partial charge is 0.348 e. The summed E-state index contributed by atoms with van der Waals surface area (Å²) in [6.45, 7) is 1.82. The van der Waals surface area contributed by atoms with Crippen LogP contribution in [-0.4, -0.2) is 45.8 Å². The number of nitro groups is 1. The van der Waals surface area contributed by atoms with Crippen molar-refractivity contribution in [3.05, 3.63) is 69.8 Å². The fourth-order valence-electron chi connectivity index (χ4n) is 3.21. The van der Waals surface area contributed by atoms with Gasteiger partial charge in [-0.15, -0.1) is 0 Å². The third-order valence-corrected chi connectivity index (χ3v) is 5.61. The van der Waals surface area contributed by atoms with Crippen molar-refractivity contribution in [1.29, 1.82) is 0 Å². The molecule has 0 radical (unpaired) electrons. The molecular formula is C19H17N5O4S. The van der Waals surface area contributed by atoms with Gasteiger partial charge in [0.05, 0.1) is 11.0 Å². The van der Waals surface area contributed by atoms with Gasteiger partial charge in [0.1, 0.15) is 0 Å². The minimum absolute atomic E-state index is 0.0223. The van der Waals surface area contributed by atoms with E-state index in [1.54, 1.807) is 17.8 Å². The first-order valence-electron chi connectivity index (χ1n) is 8.92. The molecule has 0 aliphatic carbocycles. The number of nitrogens with one attached hydrogen (secondary N) is 2. The summed E-state index contributed by atoms with van der Waals surface area (Å²) in [5.74, 6) is 0.341. The molecule has 1 fully saturated rings. The normalized spacial score (nSPS) is 17.4. The first kappa shape index (κ1) is 18.9. The van der Waals surface area contributed by atoms with Crippen LogP contribution in [0.4, 0.5) is 16.2 Å². The Morgan fingerprint density at radius 1 is 1.21 bits per heavy atom. The van der Waals surface area contributed by atoms with E-state index in [1.807, 2.05) is 18.2 Å². The summed E-state index contributed by atoms with van der Waals surface area (Å²) in [5, 5.41) is 16.7. The number of anilines is 1. The Morgan fingerprint density at radius 3 is 2.83 bits per heavy atom. The molecule has 29 heavy (non-hydrogen) atoms. The lowest BCUT2D eigenvalue weighted by Gasteiger charge is -2.14. The molecule has 148 valence electrons. The van der Waals surface area contributed by atoms with E-state index < -0.39 is 16.9 Å². The summed E-state index contributed by atoms with van der Waals surface area (Å²) in [5.41, 5.74) is 1.33. The summed E-state index contributed by atoms with van der Waals surface area (Å²) in [6, 6.07) is 11.8. The van der Waals surface area contributed by atoms with Crippen LogP contribution in [0.1, 0.15) is 22.0 Å². The average molecular weight is 411 g/mol. The van der Waals surface area contributed by atoms with Crippen molar-refractivity contribution in [2.45, 2.75) is 6.04 Å². The fraction of sp³-hybridized carbons (Fsp3) is 0.211. The van der Waals surface area contributed by atoms with E-state index in [0.717, 1.165) is 35.6 Å². The van der Waals surface area contributed by atoms with E-state index in [2.05, 4.69) is 15.5 Å². The van der Waals surface area contributed by atoms with E-state index in [0.29, 0.717) is 5.69 Å². The summed E-state index contributed by atoms with van der Waals surface area (Å²) >= 11 is 1.75. The first-order valence-corrected chi connectivity index (χ1v) is 9.90. The third kappa shape index (κ3) is 4.21. The minimum Gasteiger partial charge on any atom is -0.348 e. The van der Waals surface area contributed by atoms with Gasteiger partial charge in [-0.05, 0) is 23.8 Å². The van der Waals surface area contributed by atoms with Crippen LogP contribution in [0, 0.1) is 10.1 Å². The molecule has 9 nitrogen and oxygen atoms in total. The van der Waals surface area contributed by atoms with Crippen LogP contribution in [0.25, 0.3) is 0 Å². The van der Waals surface area contributed by atoms with Crippen molar-refractivity contribution in [3.63, 3.8) is 0 Å². The molecule has 4 rings (SSSR count). The summed E-state index contributed by atoms with van der Waals surface area (Å²) < 4.78 is 0. The number of carbonyl (C=O) groups is 2. The maximum Gasteiger partial charge on any atom is 0.326 e. The molecule has 2 N–H and O–H groups in total. The molecule has 1 unspecified atom stereocenters. The van der Waals surface area contributed by atoms with Crippen LogP contribution in [0.3, 0.4) is 0 Å². The second-order valence-corrected chi connectivity index (χ2v) is 7.63. The number of aliphatic imine (C=N–C) groups is 1. The predicted molar refractivity (Wildman–Crippen MR) is 110 cm³/mol. The molecular weight excluding hydrogens is 394 g/mol. The highest BCUT2D eigenvalue weighted by molar-refractivity contribution is 8.14. The Morgan fingerprint density at radius 2 is 2.03 bits per heavy atom. The molecule has 2 heterocycles. The lowest BCUT2D eigenvalue weighted by molar-refractivity contribution is -0.384. The number of hydrogen-bond donors (Lipinski definition) is 2. The summed E-state index contributed by atoms with van der Waals surface area (Å²) in [7, 11) is 0. The molecule has 3 amide bonds. The second-order valence-electron chi connectivity index (χ2n) is 6.56. The van der Waals surface area contributed by atoms with Gasteiger partial charge < -0.3 is 10.2 Å². The Balaban J connectivity index is 1.40. The van der Waals surface area contributed by atoms with Crippen molar-refractivity contribution in [2.24, 2.45) is 4.99 Å². The van der Waals surface area contributed by atoms with Gasteiger partial charge in [0.2, 0.25) is 0 Å². The van der Waals surface area contributed by atoms with Crippen LogP contribution in [0.2, 0.25) is 0 Å². The highest BCUT2D eigenvalue weighted by atomic mass is 32.2. The quantitative estimate of drug-likeness (QED) is 0.590. The lowest BCUT2D eigenvalue weighted by atomic mass is 10.1. The summed E-state index contributed by atoms with van der Waals surface area (Å²) in [6.07, 6.45) is 0. The number of carbonyl (C=O) groups excluding carboxylic acids is 2. The monoisotopic (exact) mass is 411 g/mol. The van der Waals surface area contributed by atoms with Crippen LogP contribution in [0.15, 0.2) is 53.5 Å². The van der Waals surface area contributed by atoms with E-state index in [4.69, 9.17) is 4.99 Å². The van der Waals surface area contributed by atoms with Gasteiger partial charge in [0.25, 0.3) is 11.6 Å². The van der Waals surface area contributed by atoms with Gasteiger partial charge in [0, 0.05) is 42.2 Å². The SMILES string of the molecule is O=C(NC(=O)c1cccc([N+](=O)[O-])c1)Nc1cccc(C2CN3CCSC3=N2)c1. The van der Waals surface area contributed by atoms with Crippen molar-refractivity contribution in [1.82, 2.24) is 10.2 Å². The molecule has 0 bridgehead atoms. The predicted octanol–water partition coefficient (Wildman–Crippen LogP) is 3.02. The number of nitrogens with zero attached hydrogens (tertiary/aromatic N) is 3. The van der Waals surface area contributed by atoms with Crippen LogP contribution < -0.4 is 10.6 Å². The van der Waals surface area contributed by atoms with Gasteiger partial charge in [-0.2, -0.15) is 0 Å². The van der Waals surface area contributed by atoms with Crippen LogP contribution in [0.5, 0.6) is 0 Å². The van der Waals surface area contributed by atoms with Crippen LogP contribution >= 0.6 is 11.8 Å². The standard InChI is InChI=1S/C19H17N5O4S/c25-17(13-4-2-6-15(10-13)24(27)28)22-18(26)20-14-5-1-3-12(9-14)16-11-23-7-8-29-19(23)21-16/h1-6,9-10,16H,7-8,11H2,(H2,20,22,25,26). The Labute approximate surface area is 170 Å². The zero-order valence-corrected chi connectivity index (χ0v) is 16.0. The molecule has 1 atom stereocenters. The molecule has 0 spiro atoms. The fourth-order valence-corrected chi connectivity index (χ4v) is 4.25. The zero-order chi connectivity index (χ0) is 20.4. The van der Waals surface area contributed by atoms with Gasteiger partial charge in [-0.25, -0.2) is 4.79 Å². The van der Waals surface area contributed by atoms with Gasteiger partial charge in [0.15, 0.2) is 5.17 Å². The molecule has 2 aromatic rings. The smallest absolute Gasteiger partial charge is 0.326 e. The number of thioether (sulfide) groups is 1. The topological polar surface area (TPSA) is 117 Å². The van der Waals surface area contributed by atoms with Crippen molar-refractivity contribution in [2.75, 3.05) is 24.2 Å². The molecule has 2 aromatic carbocycles. The number of fused-ring (bicyclic) bond motifs is 1. The highest BCUT2D eigenvalue weighted by Crippen LogP contribution is 2.33. The molecule has 2 aliphatic heterocycles. The van der Waals surface area contributed by atoms with E-state index >= 15 is 0 Å². The van der Waals surface area contributed by atoms with Crippen LogP contribution in [-0.2, 0) is 0 Å². The number of imide groups is 1. The Kier molecular flexibility index (Phi) is 5.17. The second kappa shape index (κ2) is 7.92. The van der Waals surface area contributed by atoms with Crippen molar-refractivity contribution in [3.8, 4) is 0 Å². The van der Waals surface area contributed by atoms with E-state index in [9.17, 15) is 19.7 Å². The molecule has 0 aromatic heterocycles. The maximum atomic E-state index is 12.2. The Bertz CT molecular complexity index is 1030. The summed E-state index contributed by atoms with van der Waals surface area (Å²) in [4.78, 5) is 41.6. The first-order chi connectivity index (χ1) is 14.0. The lowest BCUT2D eigenvalue weighted by Crippen LogP contribution is -2.34. The molecule has 0 saturated carbocycles. The molecule has 10 heteroatoms. The number of urea groups is 1. The number of hydrogen-bond acceptors (Lipinski definition) is 7. The molecule has 2 aliphatic rings. The number of benzene rings is 2. The number of rotatable bonds is 4. The van der Waals surface area contributed by atoms with Gasteiger partial charge in [-0.1, -0.05) is 30.0 Å². The molecule has 1 saturated heterocycles. The number of nitro benzene ring substituents is 1. The number of amides is 3. The van der Waals surface area contributed by atoms with Gasteiger partial charge in [-0.3, -0.25) is 25.2 Å². The minimum atomic E-state index is -0.720. The zero-order valence-electron chi connectivity index (χ0n) is 15.2. The van der Waals surface area contributed by atoms with Crippen molar-refractivity contribution >= 4 is 40.2 Å². The average Bonchev–Trinajstić information content (AvgIpc) is 3.30. The Hall–Kier alpha value is -3.40. The highest BCUT2D eigenvalue weighted by Gasteiger charge is 2.30. The number of non-ortho nitro benzene ring substituents is 1. The van der Waals surface area contributed by atoms with Crippen molar-refractivity contribution < 1.29 is 14.5 Å². The van der Waals surface area contributed by atoms with Gasteiger partial charge >= 0.3 is 6.03 Å². The maximum absolute atomic E-state index is 12.2. The van der Waals surface area contributed by atoms with E-state index in [1.165, 1.54) is 18.2 Å². The number of amidine groups is 1. The third-order valence-electron chi connectivity index (χ3n) is 4.60. The van der Waals surface area contributed by atoms with E-state index in [-0.39, 0.29) is 17.3 Å².